The van der Waals surface area contributed by atoms with E-state index in [2.05, 4.69) is 9.88 Å². The molecule has 1 fully saturated rings. The second kappa shape index (κ2) is 6.61. The highest BCUT2D eigenvalue weighted by atomic mass is 16.5. The molecule has 21 heavy (non-hydrogen) atoms. The molecule has 2 heterocycles. The monoisotopic (exact) mass is 282 g/mol. The van der Waals surface area contributed by atoms with Crippen LogP contribution in [0.5, 0.6) is 0 Å². The maximum Gasteiger partial charge on any atom is 0.186 e. The van der Waals surface area contributed by atoms with E-state index < -0.39 is 0 Å². The van der Waals surface area contributed by atoms with E-state index in [4.69, 9.17) is 4.74 Å². The van der Waals surface area contributed by atoms with E-state index in [1.54, 1.807) is 6.20 Å². The Labute approximate surface area is 124 Å². The van der Waals surface area contributed by atoms with Crippen molar-refractivity contribution >= 4 is 5.78 Å². The van der Waals surface area contributed by atoms with Crippen molar-refractivity contribution in [1.29, 1.82) is 0 Å². The standard InChI is InChI=1S/C17H18N2O2/c20-17(14-6-2-1-3-7-14)16(15-8-4-5-9-18-15)19-10-12-21-13-11-19/h1-9,16H,10-13H2. The summed E-state index contributed by atoms with van der Waals surface area (Å²) in [5.41, 5.74) is 1.52. The van der Waals surface area contributed by atoms with Crippen LogP contribution in [0.2, 0.25) is 0 Å². The minimum absolute atomic E-state index is 0.0937. The second-order valence-electron chi connectivity index (χ2n) is 5.04. The summed E-state index contributed by atoms with van der Waals surface area (Å²) in [4.78, 5) is 19.5. The number of rotatable bonds is 4. The quantitative estimate of drug-likeness (QED) is 0.807. The molecule has 0 aliphatic carbocycles. The van der Waals surface area contributed by atoms with Crippen molar-refractivity contribution in [2.24, 2.45) is 0 Å². The summed E-state index contributed by atoms with van der Waals surface area (Å²) in [5.74, 6) is 0.0937. The number of pyridine rings is 1. The number of carbonyl (C=O) groups excluding carboxylic acids is 1. The van der Waals surface area contributed by atoms with Gasteiger partial charge in [-0.2, -0.15) is 0 Å². The summed E-state index contributed by atoms with van der Waals surface area (Å²) in [7, 11) is 0. The van der Waals surface area contributed by atoms with Gasteiger partial charge in [-0.3, -0.25) is 14.7 Å². The molecule has 1 unspecified atom stereocenters. The van der Waals surface area contributed by atoms with Gasteiger partial charge in [-0.25, -0.2) is 0 Å². The Bertz CT molecular complexity index is 580. The van der Waals surface area contributed by atoms with E-state index in [1.165, 1.54) is 0 Å². The summed E-state index contributed by atoms with van der Waals surface area (Å²) < 4.78 is 5.40. The highest BCUT2D eigenvalue weighted by molar-refractivity contribution is 6.00. The molecule has 1 aromatic carbocycles. The number of hydrogen-bond donors (Lipinski definition) is 0. The fraction of sp³-hybridized carbons (Fsp3) is 0.294. The van der Waals surface area contributed by atoms with E-state index in [-0.39, 0.29) is 11.8 Å². The predicted molar refractivity (Wildman–Crippen MR) is 80.1 cm³/mol. The van der Waals surface area contributed by atoms with Crippen LogP contribution in [0.25, 0.3) is 0 Å². The van der Waals surface area contributed by atoms with Gasteiger partial charge in [0.15, 0.2) is 5.78 Å². The fourth-order valence-corrected chi connectivity index (χ4v) is 2.62. The van der Waals surface area contributed by atoms with Crippen LogP contribution < -0.4 is 0 Å². The number of benzene rings is 1. The largest absolute Gasteiger partial charge is 0.379 e. The normalized spacial score (nSPS) is 17.3. The molecule has 4 heteroatoms. The molecule has 0 radical (unpaired) electrons. The Kier molecular flexibility index (Phi) is 4.38. The van der Waals surface area contributed by atoms with E-state index in [1.807, 2.05) is 48.5 Å². The molecule has 1 saturated heterocycles. The molecule has 1 atom stereocenters. The van der Waals surface area contributed by atoms with Gasteiger partial charge >= 0.3 is 0 Å². The number of nitrogens with zero attached hydrogens (tertiary/aromatic N) is 2. The fourth-order valence-electron chi connectivity index (χ4n) is 2.62. The molecule has 0 bridgehead atoms. The van der Waals surface area contributed by atoms with Gasteiger partial charge < -0.3 is 4.74 Å². The summed E-state index contributed by atoms with van der Waals surface area (Å²) >= 11 is 0. The number of morpholine rings is 1. The molecular formula is C17H18N2O2. The molecule has 1 aliphatic heterocycles. The van der Waals surface area contributed by atoms with E-state index in [0.29, 0.717) is 13.2 Å². The highest BCUT2D eigenvalue weighted by Gasteiger charge is 2.30. The number of aromatic nitrogens is 1. The predicted octanol–water partition coefficient (Wildman–Crippen LogP) is 2.34. The number of carbonyl (C=O) groups is 1. The molecule has 0 spiro atoms. The molecule has 4 nitrogen and oxygen atoms in total. The summed E-state index contributed by atoms with van der Waals surface area (Å²) in [6, 6.07) is 14.8. The average molecular weight is 282 g/mol. The van der Waals surface area contributed by atoms with Crippen molar-refractivity contribution in [3.63, 3.8) is 0 Å². The van der Waals surface area contributed by atoms with Crippen LogP contribution in [-0.2, 0) is 4.74 Å². The van der Waals surface area contributed by atoms with Crippen molar-refractivity contribution in [2.45, 2.75) is 6.04 Å². The third-order valence-corrected chi connectivity index (χ3v) is 3.69. The third kappa shape index (κ3) is 3.17. The van der Waals surface area contributed by atoms with Crippen LogP contribution in [0.1, 0.15) is 22.1 Å². The van der Waals surface area contributed by atoms with Gasteiger partial charge in [0.25, 0.3) is 0 Å². The Morgan fingerprint density at radius 3 is 2.43 bits per heavy atom. The van der Waals surface area contributed by atoms with E-state index in [0.717, 1.165) is 24.3 Å². The molecule has 3 rings (SSSR count). The van der Waals surface area contributed by atoms with Crippen molar-refractivity contribution in [3.8, 4) is 0 Å². The Hall–Kier alpha value is -2.04. The number of ether oxygens (including phenoxy) is 1. The first-order chi connectivity index (χ1) is 10.4. The van der Waals surface area contributed by atoms with Crippen molar-refractivity contribution < 1.29 is 9.53 Å². The lowest BCUT2D eigenvalue weighted by atomic mass is 9.99. The third-order valence-electron chi connectivity index (χ3n) is 3.69. The number of ketones is 1. The maximum absolute atomic E-state index is 12.9. The van der Waals surface area contributed by atoms with Crippen LogP contribution in [0, 0.1) is 0 Å². The molecule has 108 valence electrons. The molecule has 0 N–H and O–H groups in total. The Balaban J connectivity index is 1.94. The van der Waals surface area contributed by atoms with Gasteiger partial charge in [-0.05, 0) is 12.1 Å². The first-order valence-corrected chi connectivity index (χ1v) is 7.18. The SMILES string of the molecule is O=C(c1ccccc1)C(c1ccccn1)N1CCOCC1. The summed E-state index contributed by atoms with van der Waals surface area (Å²) in [6.45, 7) is 2.82. The van der Waals surface area contributed by atoms with Crippen LogP contribution in [0.15, 0.2) is 54.7 Å². The minimum Gasteiger partial charge on any atom is -0.379 e. The number of hydrogen-bond acceptors (Lipinski definition) is 4. The zero-order chi connectivity index (χ0) is 14.5. The summed E-state index contributed by atoms with van der Waals surface area (Å²) in [5, 5.41) is 0. The van der Waals surface area contributed by atoms with Crippen molar-refractivity contribution in [2.75, 3.05) is 26.3 Å². The average Bonchev–Trinajstić information content (AvgIpc) is 2.58. The zero-order valence-electron chi connectivity index (χ0n) is 11.8. The van der Waals surface area contributed by atoms with E-state index in [9.17, 15) is 4.79 Å². The topological polar surface area (TPSA) is 42.4 Å². The smallest absolute Gasteiger partial charge is 0.186 e. The zero-order valence-corrected chi connectivity index (χ0v) is 11.8. The molecule has 2 aromatic rings. The molecule has 1 aromatic heterocycles. The van der Waals surface area contributed by atoms with Gasteiger partial charge in [-0.15, -0.1) is 0 Å². The number of Topliss-reactive ketones (excluding diaryl/α,β-unsaturated/α-hetero) is 1. The molecule has 1 aliphatic rings. The first kappa shape index (κ1) is 13.9. The van der Waals surface area contributed by atoms with Crippen LogP contribution in [0.3, 0.4) is 0 Å². The van der Waals surface area contributed by atoms with Gasteiger partial charge in [0.05, 0.1) is 18.9 Å². The van der Waals surface area contributed by atoms with Crippen LogP contribution in [-0.4, -0.2) is 42.0 Å². The van der Waals surface area contributed by atoms with Crippen LogP contribution >= 0.6 is 0 Å². The second-order valence-corrected chi connectivity index (χ2v) is 5.04. The minimum atomic E-state index is -0.336. The molecule has 0 saturated carbocycles. The lowest BCUT2D eigenvalue weighted by molar-refractivity contribution is 0.0165. The van der Waals surface area contributed by atoms with Crippen molar-refractivity contribution in [3.05, 3.63) is 66.0 Å². The molecule has 0 amide bonds. The van der Waals surface area contributed by atoms with Gasteiger partial charge in [0.1, 0.15) is 6.04 Å². The van der Waals surface area contributed by atoms with E-state index >= 15 is 0 Å². The maximum atomic E-state index is 12.9. The highest BCUT2D eigenvalue weighted by Crippen LogP contribution is 2.24. The van der Waals surface area contributed by atoms with Gasteiger partial charge in [0.2, 0.25) is 0 Å². The lowest BCUT2D eigenvalue weighted by Crippen LogP contribution is -2.42. The van der Waals surface area contributed by atoms with Crippen molar-refractivity contribution in [1.82, 2.24) is 9.88 Å². The molecular weight excluding hydrogens is 264 g/mol. The summed E-state index contributed by atoms with van der Waals surface area (Å²) in [6.07, 6.45) is 1.74. The van der Waals surface area contributed by atoms with Gasteiger partial charge in [-0.1, -0.05) is 36.4 Å². The first-order valence-electron chi connectivity index (χ1n) is 7.18. The van der Waals surface area contributed by atoms with Crippen LogP contribution in [0.4, 0.5) is 0 Å². The Morgan fingerprint density at radius 2 is 1.76 bits per heavy atom. The van der Waals surface area contributed by atoms with Gasteiger partial charge in [0, 0.05) is 24.8 Å². The Morgan fingerprint density at radius 1 is 1.05 bits per heavy atom. The lowest BCUT2D eigenvalue weighted by Gasteiger charge is -2.33.